The molecule has 3 aliphatic heterocycles. The third-order valence-electron chi connectivity index (χ3n) is 2.80. The van der Waals surface area contributed by atoms with Gasteiger partial charge in [-0.3, -0.25) is 0 Å². The largest absolute Gasteiger partial charge is 0.712 e. The predicted molar refractivity (Wildman–Crippen MR) is 50.7 cm³/mol. The molecule has 0 N–H and O–H groups in total. The van der Waals surface area contributed by atoms with Crippen LogP contribution in [-0.4, -0.2) is 20.5 Å². The molecular weight excluding hydrogens is 195 g/mol. The molecule has 3 heterocycles. The van der Waals surface area contributed by atoms with Crippen LogP contribution in [0.1, 0.15) is 13.3 Å². The van der Waals surface area contributed by atoms with Gasteiger partial charge in [-0.15, -0.1) is 0 Å². The van der Waals surface area contributed by atoms with Crippen LogP contribution in [0.4, 0.5) is 0 Å². The molecule has 2 bridgehead atoms. The van der Waals surface area contributed by atoms with E-state index >= 15 is 0 Å². The van der Waals surface area contributed by atoms with E-state index < -0.39 is 12.7 Å². The molecule has 3 aliphatic rings. The smallest absolute Gasteiger partial charge is 0.522 e. The van der Waals surface area contributed by atoms with Crippen molar-refractivity contribution in [1.82, 2.24) is 0 Å². The van der Waals surface area contributed by atoms with Crippen molar-refractivity contribution in [3.05, 3.63) is 22.9 Å². The summed E-state index contributed by atoms with van der Waals surface area (Å²) in [6, 6.07) is 1.85. The van der Waals surface area contributed by atoms with E-state index in [4.69, 9.17) is 25.8 Å². The lowest BCUT2D eigenvalue weighted by molar-refractivity contribution is -0.0779. The summed E-state index contributed by atoms with van der Waals surface area (Å²) >= 11 is 0. The lowest BCUT2D eigenvalue weighted by atomic mass is 9.78. The fourth-order valence-corrected chi connectivity index (χ4v) is 1.76. The number of nitriles is 1. The molecule has 76 valence electrons. The van der Waals surface area contributed by atoms with Gasteiger partial charge in [0.05, 0.1) is 18.1 Å². The van der Waals surface area contributed by atoms with E-state index in [2.05, 4.69) is 4.85 Å². The van der Waals surface area contributed by atoms with Crippen LogP contribution in [-0.2, 0) is 14.0 Å². The Bertz CT molecular complexity index is 369. The molecule has 5 nitrogen and oxygen atoms in total. The summed E-state index contributed by atoms with van der Waals surface area (Å²) in [7, 11) is -0.751. The Morgan fingerprint density at radius 2 is 2.33 bits per heavy atom. The van der Waals surface area contributed by atoms with Gasteiger partial charge < -0.3 is 14.0 Å². The molecule has 0 aliphatic carbocycles. The van der Waals surface area contributed by atoms with E-state index in [0.29, 0.717) is 19.0 Å². The zero-order chi connectivity index (χ0) is 10.9. The highest BCUT2D eigenvalue weighted by Crippen LogP contribution is 2.43. The van der Waals surface area contributed by atoms with Crippen LogP contribution in [0.15, 0.2) is 11.5 Å². The van der Waals surface area contributed by atoms with E-state index in [0.717, 1.165) is 6.42 Å². The lowest BCUT2D eigenvalue weighted by Gasteiger charge is -2.45. The summed E-state index contributed by atoms with van der Waals surface area (Å²) in [5.74, 6) is 0.435. The fourth-order valence-electron chi connectivity index (χ4n) is 1.76. The maximum atomic E-state index is 8.83. The van der Waals surface area contributed by atoms with Crippen molar-refractivity contribution in [2.24, 2.45) is 5.41 Å². The SMILES string of the molecule is [C-]#[N+]C(C#N)=C1OB2OCC1(CC)CO2. The van der Waals surface area contributed by atoms with E-state index in [9.17, 15) is 0 Å². The molecule has 0 unspecified atom stereocenters. The molecule has 0 spiro atoms. The van der Waals surface area contributed by atoms with Crippen molar-refractivity contribution in [3.63, 3.8) is 0 Å². The first kappa shape index (κ1) is 10.0. The summed E-state index contributed by atoms with van der Waals surface area (Å²) in [6.07, 6.45) is 0.718. The molecule has 0 aromatic carbocycles. The van der Waals surface area contributed by atoms with Gasteiger partial charge in [-0.25, -0.2) is 10.1 Å². The van der Waals surface area contributed by atoms with E-state index in [1.54, 1.807) is 0 Å². The highest BCUT2D eigenvalue weighted by molar-refractivity contribution is 6.37. The summed E-state index contributed by atoms with van der Waals surface area (Å²) < 4.78 is 15.8. The molecule has 0 amide bonds. The Labute approximate surface area is 88.2 Å². The van der Waals surface area contributed by atoms with E-state index in [-0.39, 0.29) is 5.70 Å². The lowest BCUT2D eigenvalue weighted by Crippen LogP contribution is -2.53. The average Bonchev–Trinajstić information content (AvgIpc) is 2.32. The maximum Gasteiger partial charge on any atom is 0.712 e. The summed E-state index contributed by atoms with van der Waals surface area (Å²) in [5.41, 5.74) is -0.446. The Balaban J connectivity index is 2.46. The third kappa shape index (κ3) is 1.39. The van der Waals surface area contributed by atoms with Crippen molar-refractivity contribution >= 4 is 7.32 Å². The van der Waals surface area contributed by atoms with E-state index in [1.807, 2.05) is 13.0 Å². The van der Waals surface area contributed by atoms with E-state index in [1.165, 1.54) is 0 Å². The Morgan fingerprint density at radius 3 is 2.80 bits per heavy atom. The Morgan fingerprint density at radius 1 is 1.67 bits per heavy atom. The van der Waals surface area contributed by atoms with Gasteiger partial charge in [-0.1, -0.05) is 6.92 Å². The minimum Gasteiger partial charge on any atom is -0.522 e. The van der Waals surface area contributed by atoms with Crippen LogP contribution in [0, 0.1) is 23.3 Å². The molecule has 6 heteroatoms. The van der Waals surface area contributed by atoms with Crippen LogP contribution in [0.5, 0.6) is 0 Å². The molecular formula is C9H9BN2O3. The number of hydrogen-bond acceptors (Lipinski definition) is 4. The average molecular weight is 204 g/mol. The van der Waals surface area contributed by atoms with Gasteiger partial charge in [-0.05, 0) is 6.42 Å². The molecule has 0 aromatic heterocycles. The standard InChI is InChI=1S/C9H9BN2O3/c1-3-9-5-13-10(14-6-9)15-8(9)7(4-11)12-2/h3,5-6H2,1H3. The summed E-state index contributed by atoms with van der Waals surface area (Å²) in [5, 5.41) is 8.83. The van der Waals surface area contributed by atoms with Crippen LogP contribution in [0.3, 0.4) is 0 Å². The van der Waals surface area contributed by atoms with Gasteiger partial charge in [0.25, 0.3) is 5.70 Å². The first-order valence-electron chi connectivity index (χ1n) is 4.68. The number of fused-ring (bicyclic) bond motifs is 3. The quantitative estimate of drug-likeness (QED) is 0.364. The Hall–Kier alpha value is -1.50. The van der Waals surface area contributed by atoms with Crippen molar-refractivity contribution in [2.75, 3.05) is 13.2 Å². The maximum absolute atomic E-state index is 8.83. The molecule has 3 fully saturated rings. The van der Waals surface area contributed by atoms with Gasteiger partial charge in [0.1, 0.15) is 5.76 Å². The normalized spacial score (nSPS) is 25.1. The van der Waals surface area contributed by atoms with Crippen LogP contribution < -0.4 is 0 Å². The third-order valence-corrected chi connectivity index (χ3v) is 2.80. The number of allylic oxidation sites excluding steroid dienone is 1. The second kappa shape index (κ2) is 3.58. The predicted octanol–water partition coefficient (Wildman–Crippen LogP) is 1.10. The van der Waals surface area contributed by atoms with Gasteiger partial charge >= 0.3 is 7.32 Å². The second-order valence-electron chi connectivity index (χ2n) is 3.56. The first-order chi connectivity index (χ1) is 7.25. The molecule has 0 saturated carbocycles. The fraction of sp³-hybridized carbons (Fsp3) is 0.556. The number of nitrogens with zero attached hydrogens (tertiary/aromatic N) is 2. The molecule has 3 rings (SSSR count). The molecule has 0 atom stereocenters. The van der Waals surface area contributed by atoms with Crippen molar-refractivity contribution in [1.29, 1.82) is 5.26 Å². The highest BCUT2D eigenvalue weighted by atomic mass is 16.8. The molecule has 0 radical (unpaired) electrons. The van der Waals surface area contributed by atoms with Crippen molar-refractivity contribution in [2.45, 2.75) is 13.3 Å². The van der Waals surface area contributed by atoms with Gasteiger partial charge in [0.2, 0.25) is 0 Å². The topological polar surface area (TPSA) is 55.8 Å². The minimum absolute atomic E-state index is 0.00782. The van der Waals surface area contributed by atoms with Crippen LogP contribution in [0.25, 0.3) is 4.85 Å². The highest BCUT2D eigenvalue weighted by Gasteiger charge is 2.52. The zero-order valence-corrected chi connectivity index (χ0v) is 8.32. The monoisotopic (exact) mass is 204 g/mol. The Kier molecular flexibility index (Phi) is 2.40. The van der Waals surface area contributed by atoms with Crippen LogP contribution in [0.2, 0.25) is 0 Å². The minimum atomic E-state index is -0.751. The molecule has 0 aromatic rings. The summed E-state index contributed by atoms with van der Waals surface area (Å²) in [6.45, 7) is 9.78. The van der Waals surface area contributed by atoms with Crippen LogP contribution >= 0.6 is 0 Å². The number of rotatable bonds is 1. The zero-order valence-electron chi connectivity index (χ0n) is 8.32. The molecule has 3 saturated heterocycles. The van der Waals surface area contributed by atoms with Gasteiger partial charge in [0, 0.05) is 13.2 Å². The van der Waals surface area contributed by atoms with Crippen molar-refractivity contribution in [3.8, 4) is 6.07 Å². The number of hydrogen-bond donors (Lipinski definition) is 0. The van der Waals surface area contributed by atoms with Crippen molar-refractivity contribution < 1.29 is 14.0 Å². The van der Waals surface area contributed by atoms with Gasteiger partial charge in [-0.2, -0.15) is 0 Å². The molecule has 15 heavy (non-hydrogen) atoms. The van der Waals surface area contributed by atoms with Gasteiger partial charge in [0.15, 0.2) is 0 Å². The summed E-state index contributed by atoms with van der Waals surface area (Å²) in [4.78, 5) is 3.17. The second-order valence-corrected chi connectivity index (χ2v) is 3.56. The first-order valence-corrected chi connectivity index (χ1v) is 4.68.